The highest BCUT2D eigenvalue weighted by Gasteiger charge is 2.18. The van der Waals surface area contributed by atoms with Crippen molar-refractivity contribution in [3.05, 3.63) is 71.0 Å². The van der Waals surface area contributed by atoms with Crippen molar-refractivity contribution in [3.63, 3.8) is 0 Å². The molecule has 0 radical (unpaired) electrons. The largest absolute Gasteiger partial charge is 0.321 e. The van der Waals surface area contributed by atoms with Crippen LogP contribution in [0.3, 0.4) is 0 Å². The summed E-state index contributed by atoms with van der Waals surface area (Å²) in [5.74, 6) is 0.443. The minimum atomic E-state index is -0.141. The van der Waals surface area contributed by atoms with Gasteiger partial charge in [0, 0.05) is 17.1 Å². The Morgan fingerprint density at radius 2 is 1.85 bits per heavy atom. The molecule has 2 aromatic carbocycles. The van der Waals surface area contributed by atoms with E-state index in [1.54, 1.807) is 6.20 Å². The van der Waals surface area contributed by atoms with Crippen LogP contribution in [0.1, 0.15) is 34.7 Å². The minimum absolute atomic E-state index is 0.141. The second-order valence-electron chi connectivity index (χ2n) is 7.16. The van der Waals surface area contributed by atoms with Gasteiger partial charge in [0.1, 0.15) is 5.15 Å². The van der Waals surface area contributed by atoms with Gasteiger partial charge in [-0.3, -0.25) is 4.79 Å². The van der Waals surface area contributed by atoms with Gasteiger partial charge in [-0.1, -0.05) is 35.9 Å². The molecule has 4 nitrogen and oxygen atoms in total. The van der Waals surface area contributed by atoms with E-state index in [2.05, 4.69) is 34.4 Å². The molecule has 1 aliphatic rings. The summed E-state index contributed by atoms with van der Waals surface area (Å²) in [6.07, 6.45) is 4.01. The lowest BCUT2D eigenvalue weighted by atomic mass is 9.89. The molecule has 0 aliphatic carbocycles. The number of carbonyl (C=O) groups is 1. The molecule has 1 fully saturated rings. The predicted octanol–water partition coefficient (Wildman–Crippen LogP) is 4.95. The number of anilines is 1. The van der Waals surface area contributed by atoms with Crippen molar-refractivity contribution in [2.75, 3.05) is 25.5 Å². The van der Waals surface area contributed by atoms with E-state index < -0.39 is 0 Å². The first-order valence-corrected chi connectivity index (χ1v) is 9.63. The summed E-state index contributed by atoms with van der Waals surface area (Å²) in [4.78, 5) is 19.2. The van der Waals surface area contributed by atoms with Crippen LogP contribution in [0, 0.1) is 0 Å². The van der Waals surface area contributed by atoms with Gasteiger partial charge < -0.3 is 10.2 Å². The number of nitrogens with one attached hydrogen (secondary N) is 1. The molecule has 0 bridgehead atoms. The smallest absolute Gasteiger partial charge is 0.255 e. The third-order valence-corrected chi connectivity index (χ3v) is 5.64. The first kappa shape index (κ1) is 18.0. The van der Waals surface area contributed by atoms with Crippen molar-refractivity contribution in [2.45, 2.75) is 18.8 Å². The number of hydrogen-bond acceptors (Lipinski definition) is 3. The summed E-state index contributed by atoms with van der Waals surface area (Å²) in [5.41, 5.74) is 2.63. The highest BCUT2D eigenvalue weighted by atomic mass is 35.5. The van der Waals surface area contributed by atoms with Crippen LogP contribution < -0.4 is 5.32 Å². The zero-order valence-corrected chi connectivity index (χ0v) is 16.0. The fourth-order valence-electron chi connectivity index (χ4n) is 3.73. The van der Waals surface area contributed by atoms with Crippen LogP contribution in [-0.4, -0.2) is 35.9 Å². The van der Waals surface area contributed by atoms with Crippen molar-refractivity contribution >= 4 is 34.0 Å². The second kappa shape index (κ2) is 7.67. The number of fused-ring (bicyclic) bond motifs is 1. The summed E-state index contributed by atoms with van der Waals surface area (Å²) < 4.78 is 0. The number of amides is 1. The Morgan fingerprint density at radius 3 is 2.59 bits per heavy atom. The number of halogens is 1. The molecule has 138 valence electrons. The van der Waals surface area contributed by atoms with E-state index in [0.29, 0.717) is 22.3 Å². The number of rotatable bonds is 3. The molecular weight excluding hydrogens is 358 g/mol. The van der Waals surface area contributed by atoms with E-state index in [1.165, 1.54) is 18.4 Å². The molecule has 27 heavy (non-hydrogen) atoms. The Labute approximate surface area is 164 Å². The van der Waals surface area contributed by atoms with Crippen LogP contribution in [0.5, 0.6) is 0 Å². The molecule has 3 aromatic rings. The van der Waals surface area contributed by atoms with Gasteiger partial charge in [0.05, 0.1) is 5.69 Å². The summed E-state index contributed by atoms with van der Waals surface area (Å²) in [6, 6.07) is 15.6. The lowest BCUT2D eigenvalue weighted by Gasteiger charge is -2.29. The van der Waals surface area contributed by atoms with Crippen LogP contribution in [-0.2, 0) is 0 Å². The average molecular weight is 380 g/mol. The number of pyridine rings is 1. The summed E-state index contributed by atoms with van der Waals surface area (Å²) in [6.45, 7) is 2.26. The van der Waals surface area contributed by atoms with Gasteiger partial charge in [-0.15, -0.1) is 0 Å². The monoisotopic (exact) mass is 379 g/mol. The van der Waals surface area contributed by atoms with Crippen molar-refractivity contribution in [3.8, 4) is 0 Å². The van der Waals surface area contributed by atoms with Crippen LogP contribution in [0.4, 0.5) is 5.69 Å². The van der Waals surface area contributed by atoms with Crippen LogP contribution in [0.25, 0.3) is 10.8 Å². The fraction of sp³-hybridized carbons (Fsp3) is 0.273. The van der Waals surface area contributed by atoms with Gasteiger partial charge >= 0.3 is 0 Å². The molecule has 0 atom stereocenters. The van der Waals surface area contributed by atoms with E-state index in [-0.39, 0.29) is 5.91 Å². The maximum atomic E-state index is 12.7. The SMILES string of the molecule is CN1CCC(c2ccc(C(=O)Nc3cccc4ccnc(Cl)c34)cc2)CC1. The number of hydrogen-bond donors (Lipinski definition) is 1. The summed E-state index contributed by atoms with van der Waals surface area (Å²) in [7, 11) is 2.17. The standard InChI is InChI=1S/C22H22ClN3O/c1-26-13-10-16(11-14-26)15-5-7-18(8-6-15)22(27)25-19-4-2-3-17-9-12-24-21(23)20(17)19/h2-9,12,16H,10-11,13-14H2,1H3,(H,25,27). The zero-order valence-electron chi connectivity index (χ0n) is 15.3. The summed E-state index contributed by atoms with van der Waals surface area (Å²) in [5, 5.41) is 5.08. The van der Waals surface area contributed by atoms with Crippen molar-refractivity contribution in [1.29, 1.82) is 0 Å². The molecule has 0 saturated carbocycles. The van der Waals surface area contributed by atoms with E-state index in [9.17, 15) is 4.79 Å². The third-order valence-electron chi connectivity index (χ3n) is 5.36. The Kier molecular flexibility index (Phi) is 5.10. The molecular formula is C22H22ClN3O. The van der Waals surface area contributed by atoms with E-state index in [0.717, 1.165) is 23.9 Å². The maximum absolute atomic E-state index is 12.7. The number of likely N-dealkylation sites (tertiary alicyclic amines) is 1. The first-order valence-electron chi connectivity index (χ1n) is 9.25. The molecule has 0 unspecified atom stereocenters. The molecule has 1 saturated heterocycles. The zero-order chi connectivity index (χ0) is 18.8. The summed E-state index contributed by atoms with van der Waals surface area (Å²) >= 11 is 6.24. The molecule has 1 amide bonds. The minimum Gasteiger partial charge on any atom is -0.321 e. The Morgan fingerprint density at radius 1 is 1.11 bits per heavy atom. The third kappa shape index (κ3) is 3.82. The predicted molar refractivity (Wildman–Crippen MR) is 111 cm³/mol. The lowest BCUT2D eigenvalue weighted by molar-refractivity contribution is 0.102. The van der Waals surface area contributed by atoms with E-state index in [1.807, 2.05) is 36.4 Å². The molecule has 0 spiro atoms. The van der Waals surface area contributed by atoms with Gasteiger partial charge in [-0.2, -0.15) is 0 Å². The number of piperidine rings is 1. The van der Waals surface area contributed by atoms with Crippen LogP contribution >= 0.6 is 11.6 Å². The Bertz CT molecular complexity index is 958. The Hall–Kier alpha value is -2.43. The first-order chi connectivity index (χ1) is 13.1. The van der Waals surface area contributed by atoms with Gasteiger partial charge in [-0.25, -0.2) is 4.98 Å². The molecule has 1 N–H and O–H groups in total. The molecule has 4 rings (SSSR count). The number of benzene rings is 2. The van der Waals surface area contributed by atoms with E-state index >= 15 is 0 Å². The highest BCUT2D eigenvalue weighted by Crippen LogP contribution is 2.30. The molecule has 5 heteroatoms. The lowest BCUT2D eigenvalue weighted by Crippen LogP contribution is -2.29. The molecule has 1 aliphatic heterocycles. The highest BCUT2D eigenvalue weighted by molar-refractivity contribution is 6.35. The van der Waals surface area contributed by atoms with Gasteiger partial charge in [0.2, 0.25) is 0 Å². The Balaban J connectivity index is 1.52. The fourth-order valence-corrected chi connectivity index (χ4v) is 4.00. The van der Waals surface area contributed by atoms with Gasteiger partial charge in [-0.05, 0) is 74.1 Å². The van der Waals surface area contributed by atoms with Gasteiger partial charge in [0.15, 0.2) is 0 Å². The quantitative estimate of drug-likeness (QED) is 0.655. The van der Waals surface area contributed by atoms with Crippen LogP contribution in [0.2, 0.25) is 5.15 Å². The number of aromatic nitrogens is 1. The van der Waals surface area contributed by atoms with E-state index in [4.69, 9.17) is 11.6 Å². The number of carbonyl (C=O) groups excluding carboxylic acids is 1. The maximum Gasteiger partial charge on any atom is 0.255 e. The second-order valence-corrected chi connectivity index (χ2v) is 7.52. The normalized spacial score (nSPS) is 15.8. The van der Waals surface area contributed by atoms with Crippen molar-refractivity contribution < 1.29 is 4.79 Å². The molecule has 2 heterocycles. The topological polar surface area (TPSA) is 45.2 Å². The van der Waals surface area contributed by atoms with Crippen molar-refractivity contribution in [1.82, 2.24) is 9.88 Å². The van der Waals surface area contributed by atoms with Gasteiger partial charge in [0.25, 0.3) is 5.91 Å². The number of nitrogens with zero attached hydrogens (tertiary/aromatic N) is 2. The van der Waals surface area contributed by atoms with Crippen molar-refractivity contribution in [2.24, 2.45) is 0 Å². The average Bonchev–Trinajstić information content (AvgIpc) is 2.69. The van der Waals surface area contributed by atoms with Crippen LogP contribution in [0.15, 0.2) is 54.7 Å². The molecule has 1 aromatic heterocycles.